The van der Waals surface area contributed by atoms with Crippen LogP contribution in [0.25, 0.3) is 10.9 Å². The number of aryl methyl sites for hydroxylation is 1. The number of methoxy groups -OCH3 is 1. The summed E-state index contributed by atoms with van der Waals surface area (Å²) in [6.45, 7) is 11.1. The second kappa shape index (κ2) is 5.10. The maximum atomic E-state index is 5.41. The number of aromatic nitrogens is 1. The van der Waals surface area contributed by atoms with Crippen LogP contribution in [0.3, 0.4) is 0 Å². The van der Waals surface area contributed by atoms with Crippen LogP contribution < -0.4 is 4.74 Å². The van der Waals surface area contributed by atoms with E-state index in [2.05, 4.69) is 36.8 Å². The van der Waals surface area contributed by atoms with Crippen molar-refractivity contribution in [1.29, 1.82) is 0 Å². The summed E-state index contributed by atoms with van der Waals surface area (Å²) in [5, 5.41) is 1.33. The third kappa shape index (κ3) is 2.01. The largest absolute Gasteiger partial charge is 0.497 e. The molecule has 0 fully saturated rings. The van der Waals surface area contributed by atoms with Crippen LogP contribution in [-0.2, 0) is 18.4 Å². The van der Waals surface area contributed by atoms with Crippen LogP contribution in [0.4, 0.5) is 0 Å². The van der Waals surface area contributed by atoms with Gasteiger partial charge in [-0.05, 0) is 43.0 Å². The minimum atomic E-state index is 0.187. The topological polar surface area (TPSA) is 14.2 Å². The van der Waals surface area contributed by atoms with E-state index < -0.39 is 0 Å². The molecule has 0 saturated heterocycles. The summed E-state index contributed by atoms with van der Waals surface area (Å²) >= 11 is 0. The van der Waals surface area contributed by atoms with Gasteiger partial charge in [-0.15, -0.1) is 13.2 Å². The predicted octanol–water partition coefficient (Wildman–Crippen LogP) is 4.62. The van der Waals surface area contributed by atoms with Gasteiger partial charge in [0.2, 0.25) is 0 Å². The van der Waals surface area contributed by atoms with Crippen LogP contribution in [-0.4, -0.2) is 11.7 Å². The van der Waals surface area contributed by atoms with Gasteiger partial charge in [-0.3, -0.25) is 0 Å². The molecule has 2 nitrogen and oxygen atoms in total. The molecule has 0 saturated carbocycles. The number of allylic oxidation sites excluding steroid dienone is 2. The van der Waals surface area contributed by atoms with Crippen molar-refractivity contribution in [1.82, 2.24) is 4.57 Å². The van der Waals surface area contributed by atoms with Gasteiger partial charge in [0.15, 0.2) is 0 Å². The van der Waals surface area contributed by atoms with Crippen LogP contribution in [0.5, 0.6) is 5.75 Å². The van der Waals surface area contributed by atoms with E-state index in [-0.39, 0.29) is 5.41 Å². The molecule has 0 N–H and O–H groups in total. The Balaban J connectivity index is 2.30. The van der Waals surface area contributed by atoms with E-state index in [1.165, 1.54) is 28.6 Å². The second-order valence-corrected chi connectivity index (χ2v) is 6.16. The first-order valence-electron chi connectivity index (χ1n) is 7.56. The van der Waals surface area contributed by atoms with Gasteiger partial charge in [-0.2, -0.15) is 0 Å². The molecular formula is C19H23NO. The van der Waals surface area contributed by atoms with Gasteiger partial charge < -0.3 is 9.30 Å². The molecule has 1 aliphatic rings. The number of hydrogen-bond acceptors (Lipinski definition) is 1. The Bertz CT molecular complexity index is 710. The standard InChI is InChI=1S/C19H23NO/c1-5-10-19(3)11-9-15-16-13-14(21-4)7-8-17(16)20(12-6-2)18(15)19/h5-8,13H,1-2,9-12H2,3-4H3. The molecule has 0 bridgehead atoms. The molecule has 2 heteroatoms. The fraction of sp³-hybridized carbons (Fsp3) is 0.368. The summed E-state index contributed by atoms with van der Waals surface area (Å²) < 4.78 is 7.83. The molecule has 21 heavy (non-hydrogen) atoms. The van der Waals surface area contributed by atoms with Gasteiger partial charge in [0.25, 0.3) is 0 Å². The van der Waals surface area contributed by atoms with Gasteiger partial charge in [0, 0.05) is 28.6 Å². The minimum absolute atomic E-state index is 0.187. The first-order valence-corrected chi connectivity index (χ1v) is 7.56. The van der Waals surface area contributed by atoms with Gasteiger partial charge in [0.05, 0.1) is 7.11 Å². The normalized spacial score (nSPS) is 20.5. The van der Waals surface area contributed by atoms with Crippen LogP contribution in [0.15, 0.2) is 43.5 Å². The molecule has 1 atom stereocenters. The molecule has 3 rings (SSSR count). The minimum Gasteiger partial charge on any atom is -0.497 e. The van der Waals surface area contributed by atoms with E-state index >= 15 is 0 Å². The molecule has 1 aromatic carbocycles. The third-order valence-electron chi connectivity index (χ3n) is 4.78. The number of hydrogen-bond donors (Lipinski definition) is 0. The Hall–Kier alpha value is -1.96. The van der Waals surface area contributed by atoms with Crippen molar-refractivity contribution >= 4 is 10.9 Å². The first kappa shape index (κ1) is 14.0. The maximum Gasteiger partial charge on any atom is 0.119 e. The molecule has 1 aliphatic carbocycles. The smallest absolute Gasteiger partial charge is 0.119 e. The van der Waals surface area contributed by atoms with E-state index in [0.29, 0.717) is 0 Å². The maximum absolute atomic E-state index is 5.41. The van der Waals surface area contributed by atoms with Crippen LogP contribution >= 0.6 is 0 Å². The lowest BCUT2D eigenvalue weighted by atomic mass is 9.84. The summed E-state index contributed by atoms with van der Waals surface area (Å²) in [6, 6.07) is 6.39. The van der Waals surface area contributed by atoms with Crippen molar-refractivity contribution in [3.63, 3.8) is 0 Å². The van der Waals surface area contributed by atoms with Crippen molar-refractivity contribution < 1.29 is 4.74 Å². The average molecular weight is 281 g/mol. The average Bonchev–Trinajstić information content (AvgIpc) is 2.97. The quantitative estimate of drug-likeness (QED) is 0.730. The molecule has 0 aliphatic heterocycles. The van der Waals surface area contributed by atoms with E-state index in [0.717, 1.165) is 25.1 Å². The third-order valence-corrected chi connectivity index (χ3v) is 4.78. The van der Waals surface area contributed by atoms with E-state index in [4.69, 9.17) is 4.74 Å². The van der Waals surface area contributed by atoms with Gasteiger partial charge in [-0.25, -0.2) is 0 Å². The monoisotopic (exact) mass is 281 g/mol. The number of rotatable bonds is 5. The highest BCUT2D eigenvalue weighted by Gasteiger charge is 2.38. The molecule has 0 spiro atoms. The Labute approximate surface area is 126 Å². The van der Waals surface area contributed by atoms with Crippen molar-refractivity contribution in [2.75, 3.05) is 7.11 Å². The molecular weight excluding hydrogens is 258 g/mol. The molecule has 1 heterocycles. The van der Waals surface area contributed by atoms with Crippen LogP contribution in [0.2, 0.25) is 0 Å². The molecule has 0 radical (unpaired) electrons. The van der Waals surface area contributed by atoms with Crippen LogP contribution in [0.1, 0.15) is 31.0 Å². The number of ether oxygens (including phenoxy) is 1. The predicted molar refractivity (Wildman–Crippen MR) is 89.2 cm³/mol. The summed E-state index contributed by atoms with van der Waals surface area (Å²) in [7, 11) is 1.73. The number of fused-ring (bicyclic) bond motifs is 3. The zero-order chi connectivity index (χ0) is 15.0. The van der Waals surface area contributed by atoms with Crippen molar-refractivity contribution in [2.45, 2.75) is 38.1 Å². The number of nitrogens with zero attached hydrogens (tertiary/aromatic N) is 1. The van der Waals surface area contributed by atoms with E-state index in [1.807, 2.05) is 18.2 Å². The van der Waals surface area contributed by atoms with Gasteiger partial charge in [0.1, 0.15) is 5.75 Å². The Morgan fingerprint density at radius 1 is 1.33 bits per heavy atom. The summed E-state index contributed by atoms with van der Waals surface area (Å²) in [4.78, 5) is 0. The lowest BCUT2D eigenvalue weighted by molar-refractivity contribution is 0.415. The molecule has 0 amide bonds. The lowest BCUT2D eigenvalue weighted by Gasteiger charge is -2.25. The molecule has 1 aromatic heterocycles. The molecule has 2 aromatic rings. The van der Waals surface area contributed by atoms with Gasteiger partial charge >= 0.3 is 0 Å². The zero-order valence-electron chi connectivity index (χ0n) is 13.0. The fourth-order valence-electron chi connectivity index (χ4n) is 3.83. The van der Waals surface area contributed by atoms with Crippen molar-refractivity contribution in [3.8, 4) is 5.75 Å². The lowest BCUT2D eigenvalue weighted by Crippen LogP contribution is -2.21. The Morgan fingerprint density at radius 3 is 2.81 bits per heavy atom. The van der Waals surface area contributed by atoms with Crippen molar-refractivity contribution in [2.24, 2.45) is 0 Å². The van der Waals surface area contributed by atoms with E-state index in [9.17, 15) is 0 Å². The van der Waals surface area contributed by atoms with E-state index in [1.54, 1.807) is 7.11 Å². The second-order valence-electron chi connectivity index (χ2n) is 6.16. The van der Waals surface area contributed by atoms with Gasteiger partial charge in [-0.1, -0.05) is 19.1 Å². The summed E-state index contributed by atoms with van der Waals surface area (Å²) in [5.41, 5.74) is 4.42. The van der Waals surface area contributed by atoms with Crippen LogP contribution in [0, 0.1) is 0 Å². The number of benzene rings is 1. The highest BCUT2D eigenvalue weighted by Crippen LogP contribution is 2.46. The summed E-state index contributed by atoms with van der Waals surface area (Å²) in [5.74, 6) is 0.929. The molecule has 110 valence electrons. The van der Waals surface area contributed by atoms with Crippen molar-refractivity contribution in [3.05, 3.63) is 54.8 Å². The highest BCUT2D eigenvalue weighted by atomic mass is 16.5. The zero-order valence-corrected chi connectivity index (χ0v) is 13.0. The Morgan fingerprint density at radius 2 is 2.14 bits per heavy atom. The fourth-order valence-corrected chi connectivity index (χ4v) is 3.83. The highest BCUT2D eigenvalue weighted by molar-refractivity contribution is 5.88. The summed E-state index contributed by atoms with van der Waals surface area (Å²) in [6.07, 6.45) is 7.37. The first-order chi connectivity index (χ1) is 10.1. The molecule has 1 unspecified atom stereocenters. The Kier molecular flexibility index (Phi) is 3.40. The SMILES string of the molecule is C=CCn1c2c(c3cc(OC)ccc31)CCC2(C)CC=C.